The zero-order chi connectivity index (χ0) is 12.0. The molecule has 0 bridgehead atoms. The summed E-state index contributed by atoms with van der Waals surface area (Å²) in [5.41, 5.74) is 0.923. The van der Waals surface area contributed by atoms with Gasteiger partial charge in [-0.3, -0.25) is 14.6 Å². The quantitative estimate of drug-likeness (QED) is 0.845. The molecule has 0 amide bonds. The third-order valence-corrected chi connectivity index (χ3v) is 3.04. The average Bonchev–Trinajstić information content (AvgIpc) is 2.25. The van der Waals surface area contributed by atoms with Crippen molar-refractivity contribution in [3.8, 4) is 0 Å². The van der Waals surface area contributed by atoms with Crippen molar-refractivity contribution in [3.05, 3.63) is 30.1 Å². The molecular formula is C11H13NO3S. The van der Waals surface area contributed by atoms with Crippen LogP contribution in [-0.2, 0) is 16.0 Å². The highest BCUT2D eigenvalue weighted by atomic mass is 32.2. The van der Waals surface area contributed by atoms with Crippen LogP contribution >= 0.6 is 11.8 Å². The van der Waals surface area contributed by atoms with Gasteiger partial charge in [-0.2, -0.15) is 0 Å². The molecule has 1 heterocycles. The van der Waals surface area contributed by atoms with E-state index < -0.39 is 11.9 Å². The van der Waals surface area contributed by atoms with Gasteiger partial charge in [0, 0.05) is 25.1 Å². The van der Waals surface area contributed by atoms with Crippen molar-refractivity contribution in [1.29, 1.82) is 0 Å². The van der Waals surface area contributed by atoms with Crippen molar-refractivity contribution >= 4 is 22.8 Å². The lowest BCUT2D eigenvalue weighted by Gasteiger charge is -2.10. The molecule has 1 N–H and O–H groups in total. The fraction of sp³-hybridized carbons (Fsp3) is 0.364. The summed E-state index contributed by atoms with van der Waals surface area (Å²) in [5.74, 6) is -1.09. The highest BCUT2D eigenvalue weighted by Crippen LogP contribution is 2.15. The lowest BCUT2D eigenvalue weighted by Crippen LogP contribution is -2.19. The van der Waals surface area contributed by atoms with E-state index in [1.165, 1.54) is 6.92 Å². The number of carbonyl (C=O) groups excluding carboxylic acids is 1. The minimum absolute atomic E-state index is 0.0546. The fourth-order valence-corrected chi connectivity index (χ4v) is 1.94. The normalized spacial score (nSPS) is 12.1. The first-order valence-electron chi connectivity index (χ1n) is 4.84. The second-order valence-electron chi connectivity index (χ2n) is 3.40. The Morgan fingerprint density at radius 2 is 2.06 bits per heavy atom. The van der Waals surface area contributed by atoms with Crippen LogP contribution in [0.4, 0.5) is 0 Å². The number of hydrogen-bond donors (Lipinski definition) is 1. The van der Waals surface area contributed by atoms with Gasteiger partial charge in [0.15, 0.2) is 5.12 Å². The number of nitrogens with zero attached hydrogens (tertiary/aromatic N) is 1. The average molecular weight is 239 g/mol. The van der Waals surface area contributed by atoms with E-state index in [1.807, 2.05) is 0 Å². The number of hydrogen-bond acceptors (Lipinski definition) is 4. The fourth-order valence-electron chi connectivity index (χ4n) is 1.24. The van der Waals surface area contributed by atoms with Crippen LogP contribution in [0.25, 0.3) is 0 Å². The van der Waals surface area contributed by atoms with Crippen LogP contribution in [0.15, 0.2) is 24.5 Å². The van der Waals surface area contributed by atoms with Gasteiger partial charge in [-0.1, -0.05) is 11.8 Å². The molecule has 1 aromatic heterocycles. The maximum absolute atomic E-state index is 11.0. The van der Waals surface area contributed by atoms with Gasteiger partial charge in [-0.25, -0.2) is 0 Å². The van der Waals surface area contributed by atoms with Crippen LogP contribution < -0.4 is 0 Å². The van der Waals surface area contributed by atoms with Gasteiger partial charge >= 0.3 is 5.97 Å². The van der Waals surface area contributed by atoms with Crippen LogP contribution in [0, 0.1) is 5.92 Å². The SMILES string of the molecule is CC(=O)SCC(Cc1ccncc1)C(=O)O. The molecule has 1 aromatic rings. The summed E-state index contributed by atoms with van der Waals surface area (Å²) in [6.45, 7) is 1.44. The zero-order valence-corrected chi connectivity index (χ0v) is 9.74. The van der Waals surface area contributed by atoms with Gasteiger partial charge in [-0.15, -0.1) is 0 Å². The molecule has 5 heteroatoms. The predicted molar refractivity (Wildman–Crippen MR) is 62.2 cm³/mol. The van der Waals surface area contributed by atoms with E-state index in [2.05, 4.69) is 4.98 Å². The molecule has 4 nitrogen and oxygen atoms in total. The van der Waals surface area contributed by atoms with Crippen LogP contribution in [0.3, 0.4) is 0 Å². The Hall–Kier alpha value is -1.36. The van der Waals surface area contributed by atoms with Crippen molar-refractivity contribution in [2.24, 2.45) is 5.92 Å². The molecule has 0 aromatic carbocycles. The zero-order valence-electron chi connectivity index (χ0n) is 8.92. The van der Waals surface area contributed by atoms with E-state index in [4.69, 9.17) is 5.11 Å². The van der Waals surface area contributed by atoms with Crippen LogP contribution in [0.1, 0.15) is 12.5 Å². The Kier molecular flexibility index (Phi) is 4.98. The molecule has 0 aliphatic heterocycles. The molecule has 0 fully saturated rings. The van der Waals surface area contributed by atoms with Crippen LogP contribution in [0.2, 0.25) is 0 Å². The highest BCUT2D eigenvalue weighted by Gasteiger charge is 2.18. The van der Waals surface area contributed by atoms with Gasteiger partial charge in [0.05, 0.1) is 5.92 Å². The third kappa shape index (κ3) is 4.44. The standard InChI is InChI=1S/C11H13NO3S/c1-8(13)16-7-10(11(14)15)6-9-2-4-12-5-3-9/h2-5,10H,6-7H2,1H3,(H,14,15). The van der Waals surface area contributed by atoms with E-state index >= 15 is 0 Å². The van der Waals surface area contributed by atoms with Crippen molar-refractivity contribution in [2.45, 2.75) is 13.3 Å². The molecular weight excluding hydrogens is 226 g/mol. The summed E-state index contributed by atoms with van der Waals surface area (Å²) in [6.07, 6.45) is 3.69. The summed E-state index contributed by atoms with van der Waals surface area (Å²) in [6, 6.07) is 3.57. The van der Waals surface area contributed by atoms with Crippen molar-refractivity contribution in [2.75, 3.05) is 5.75 Å². The molecule has 0 spiro atoms. The van der Waals surface area contributed by atoms with Crippen LogP contribution in [0.5, 0.6) is 0 Å². The Morgan fingerprint density at radius 1 is 1.44 bits per heavy atom. The molecule has 1 rings (SSSR count). The molecule has 0 aliphatic carbocycles. The van der Waals surface area contributed by atoms with Crippen molar-refractivity contribution < 1.29 is 14.7 Å². The largest absolute Gasteiger partial charge is 0.481 e. The maximum Gasteiger partial charge on any atom is 0.307 e. The van der Waals surface area contributed by atoms with Gasteiger partial charge in [0.1, 0.15) is 0 Å². The molecule has 1 unspecified atom stereocenters. The maximum atomic E-state index is 11.0. The summed E-state index contributed by atoms with van der Waals surface area (Å²) in [4.78, 5) is 25.6. The monoisotopic (exact) mass is 239 g/mol. The lowest BCUT2D eigenvalue weighted by molar-refractivity contribution is -0.140. The number of carbonyl (C=O) groups is 2. The van der Waals surface area contributed by atoms with Gasteiger partial charge < -0.3 is 5.11 Å². The molecule has 0 saturated carbocycles. The van der Waals surface area contributed by atoms with Gasteiger partial charge in [-0.05, 0) is 24.1 Å². The van der Waals surface area contributed by atoms with Gasteiger partial charge in [0.2, 0.25) is 0 Å². The minimum atomic E-state index is -0.870. The topological polar surface area (TPSA) is 67.3 Å². The summed E-state index contributed by atoms with van der Waals surface area (Å²) < 4.78 is 0. The molecule has 1 atom stereocenters. The molecule has 0 radical (unpaired) electrons. The summed E-state index contributed by atoms with van der Waals surface area (Å²) in [5, 5.41) is 8.95. The molecule has 86 valence electrons. The second-order valence-corrected chi connectivity index (χ2v) is 4.59. The Labute approximate surface area is 98.1 Å². The number of rotatable bonds is 5. The number of thioether (sulfide) groups is 1. The van der Waals surface area contributed by atoms with E-state index in [-0.39, 0.29) is 5.12 Å². The van der Waals surface area contributed by atoms with E-state index in [1.54, 1.807) is 24.5 Å². The number of aliphatic carboxylic acids is 1. The van der Waals surface area contributed by atoms with E-state index in [0.717, 1.165) is 17.3 Å². The van der Waals surface area contributed by atoms with E-state index in [0.29, 0.717) is 12.2 Å². The van der Waals surface area contributed by atoms with Crippen molar-refractivity contribution in [1.82, 2.24) is 4.98 Å². The first-order valence-corrected chi connectivity index (χ1v) is 5.83. The number of carboxylic acids is 1. The summed E-state index contributed by atoms with van der Waals surface area (Å²) >= 11 is 1.05. The van der Waals surface area contributed by atoms with Crippen molar-refractivity contribution in [3.63, 3.8) is 0 Å². The number of carboxylic acid groups (broad SMARTS) is 1. The Balaban J connectivity index is 2.58. The van der Waals surface area contributed by atoms with Gasteiger partial charge in [0.25, 0.3) is 0 Å². The van der Waals surface area contributed by atoms with Crippen LogP contribution in [-0.4, -0.2) is 26.9 Å². The predicted octanol–water partition coefficient (Wildman–Crippen LogP) is 1.60. The Morgan fingerprint density at radius 3 is 2.56 bits per heavy atom. The lowest BCUT2D eigenvalue weighted by atomic mass is 10.0. The minimum Gasteiger partial charge on any atom is -0.481 e. The third-order valence-electron chi connectivity index (χ3n) is 2.07. The molecule has 0 aliphatic rings. The number of aromatic nitrogens is 1. The summed E-state index contributed by atoms with van der Waals surface area (Å²) in [7, 11) is 0. The molecule has 0 saturated heterocycles. The Bertz CT molecular complexity index is 367. The number of pyridine rings is 1. The second kappa shape index (κ2) is 6.27. The first kappa shape index (κ1) is 12.7. The highest BCUT2D eigenvalue weighted by molar-refractivity contribution is 8.13. The smallest absolute Gasteiger partial charge is 0.307 e. The molecule has 16 heavy (non-hydrogen) atoms. The first-order chi connectivity index (χ1) is 7.59. The van der Waals surface area contributed by atoms with E-state index in [9.17, 15) is 9.59 Å².